The number of hydrogen-bond acceptors (Lipinski definition) is 3. The van der Waals surface area contributed by atoms with Crippen molar-refractivity contribution in [2.24, 2.45) is 5.92 Å². The summed E-state index contributed by atoms with van der Waals surface area (Å²) in [6.07, 6.45) is 1.50. The van der Waals surface area contributed by atoms with Crippen molar-refractivity contribution in [1.29, 1.82) is 0 Å². The van der Waals surface area contributed by atoms with Gasteiger partial charge in [0.15, 0.2) is 0 Å². The molecule has 2 unspecified atom stereocenters. The van der Waals surface area contributed by atoms with Crippen molar-refractivity contribution in [3.63, 3.8) is 0 Å². The van der Waals surface area contributed by atoms with E-state index in [0.717, 1.165) is 12.8 Å². The average Bonchev–Trinajstić information content (AvgIpc) is 2.31. The molecule has 0 fully saturated rings. The first-order valence-corrected chi connectivity index (χ1v) is 7.68. The number of thioether (sulfide) groups is 1. The van der Waals surface area contributed by atoms with Crippen molar-refractivity contribution in [2.75, 3.05) is 28.2 Å². The Labute approximate surface area is 121 Å². The average molecular weight is 288 g/mol. The fraction of sp³-hybridized carbons (Fsp3) is 0.857. The minimum Gasteiger partial charge on any atom is -0.349 e. The molecule has 0 radical (unpaired) electrons. The van der Waals surface area contributed by atoms with E-state index >= 15 is 0 Å². The fourth-order valence-electron chi connectivity index (χ4n) is 1.83. The third kappa shape index (κ3) is 6.85. The monoisotopic (exact) mass is 288 g/mol. The summed E-state index contributed by atoms with van der Waals surface area (Å²) in [5.74, 6) is 0.244. The van der Waals surface area contributed by atoms with Crippen LogP contribution >= 0.6 is 11.8 Å². The molecule has 0 aromatic heterocycles. The summed E-state index contributed by atoms with van der Waals surface area (Å²) in [6, 6.07) is 0. The molecule has 0 N–H and O–H groups in total. The summed E-state index contributed by atoms with van der Waals surface area (Å²) < 4.78 is 0. The van der Waals surface area contributed by atoms with Gasteiger partial charge in [0.2, 0.25) is 11.8 Å². The second-order valence-corrected chi connectivity index (χ2v) is 7.40. The molecule has 112 valence electrons. The van der Waals surface area contributed by atoms with Crippen LogP contribution in [0.4, 0.5) is 0 Å². The Bertz CT molecular complexity index is 304. The number of rotatable bonds is 7. The number of hydrogen-bond donors (Lipinski definition) is 0. The van der Waals surface area contributed by atoms with Gasteiger partial charge in [-0.05, 0) is 18.1 Å². The van der Waals surface area contributed by atoms with Gasteiger partial charge in [-0.1, -0.05) is 20.8 Å². The van der Waals surface area contributed by atoms with Crippen LogP contribution in [0.3, 0.4) is 0 Å². The molecule has 0 bridgehead atoms. The first-order valence-electron chi connectivity index (χ1n) is 6.74. The van der Waals surface area contributed by atoms with Crippen LogP contribution in [0.25, 0.3) is 0 Å². The normalized spacial score (nSPS) is 14.1. The lowest BCUT2D eigenvalue weighted by molar-refractivity contribution is -0.133. The van der Waals surface area contributed by atoms with Crippen LogP contribution in [0.5, 0.6) is 0 Å². The van der Waals surface area contributed by atoms with Crippen LogP contribution in [-0.2, 0) is 9.59 Å². The maximum Gasteiger partial charge on any atom is 0.235 e. The van der Waals surface area contributed by atoms with Gasteiger partial charge in [-0.3, -0.25) is 9.59 Å². The molecule has 0 aromatic rings. The van der Waals surface area contributed by atoms with E-state index in [0.29, 0.717) is 5.25 Å². The highest BCUT2D eigenvalue weighted by atomic mass is 32.2. The van der Waals surface area contributed by atoms with Crippen molar-refractivity contribution in [3.8, 4) is 0 Å². The summed E-state index contributed by atoms with van der Waals surface area (Å²) in [6.45, 7) is 6.11. The van der Waals surface area contributed by atoms with E-state index < -0.39 is 0 Å². The van der Waals surface area contributed by atoms with E-state index in [4.69, 9.17) is 0 Å². The number of carbonyl (C=O) groups excluding carboxylic acids is 2. The van der Waals surface area contributed by atoms with Gasteiger partial charge >= 0.3 is 0 Å². The lowest BCUT2D eigenvalue weighted by Gasteiger charge is -2.23. The smallest absolute Gasteiger partial charge is 0.235 e. The van der Waals surface area contributed by atoms with Crippen molar-refractivity contribution in [1.82, 2.24) is 9.80 Å². The van der Waals surface area contributed by atoms with Crippen LogP contribution in [0, 0.1) is 5.92 Å². The van der Waals surface area contributed by atoms with E-state index in [2.05, 4.69) is 13.8 Å². The van der Waals surface area contributed by atoms with E-state index in [1.165, 1.54) is 0 Å². The van der Waals surface area contributed by atoms with Crippen molar-refractivity contribution in [2.45, 2.75) is 44.1 Å². The Kier molecular flexibility index (Phi) is 8.14. The molecule has 4 nitrogen and oxygen atoms in total. The van der Waals surface area contributed by atoms with Gasteiger partial charge in [0.05, 0.1) is 5.25 Å². The minimum absolute atomic E-state index is 0.0276. The summed E-state index contributed by atoms with van der Waals surface area (Å²) >= 11 is 1.68. The molecule has 5 heteroatoms. The van der Waals surface area contributed by atoms with E-state index in [1.54, 1.807) is 49.8 Å². The number of nitrogens with zero attached hydrogens (tertiary/aromatic N) is 2. The highest BCUT2D eigenvalue weighted by Crippen LogP contribution is 2.25. The summed E-state index contributed by atoms with van der Waals surface area (Å²) in [4.78, 5) is 27.2. The van der Waals surface area contributed by atoms with Gasteiger partial charge in [-0.2, -0.15) is 0 Å². The summed E-state index contributed by atoms with van der Waals surface area (Å²) in [7, 11) is 7.10. The van der Waals surface area contributed by atoms with Gasteiger partial charge in [-0.15, -0.1) is 11.8 Å². The second kappa shape index (κ2) is 8.46. The maximum absolute atomic E-state index is 12.1. The molecule has 0 aliphatic heterocycles. The predicted octanol–water partition coefficient (Wildman–Crippen LogP) is 2.09. The van der Waals surface area contributed by atoms with Crippen molar-refractivity contribution >= 4 is 23.6 Å². The highest BCUT2D eigenvalue weighted by molar-refractivity contribution is 8.01. The fourth-order valence-corrected chi connectivity index (χ4v) is 3.09. The summed E-state index contributed by atoms with van der Waals surface area (Å²) in [5.41, 5.74) is 0. The molecule has 0 saturated heterocycles. The van der Waals surface area contributed by atoms with Gasteiger partial charge in [0.25, 0.3) is 0 Å². The first-order chi connectivity index (χ1) is 8.66. The Morgan fingerprint density at radius 2 is 1.37 bits per heavy atom. The van der Waals surface area contributed by atoms with E-state index in [9.17, 15) is 9.59 Å². The Morgan fingerprint density at radius 1 is 0.895 bits per heavy atom. The Hall–Kier alpha value is -0.710. The highest BCUT2D eigenvalue weighted by Gasteiger charge is 2.24. The van der Waals surface area contributed by atoms with E-state index in [-0.39, 0.29) is 23.0 Å². The minimum atomic E-state index is -0.0487. The zero-order valence-electron chi connectivity index (χ0n) is 13.3. The predicted molar refractivity (Wildman–Crippen MR) is 82.3 cm³/mol. The molecule has 19 heavy (non-hydrogen) atoms. The lowest BCUT2D eigenvalue weighted by atomic mass is 10.0. The van der Waals surface area contributed by atoms with E-state index in [1.807, 2.05) is 6.92 Å². The van der Waals surface area contributed by atoms with Gasteiger partial charge in [-0.25, -0.2) is 0 Å². The molecule has 0 aliphatic rings. The lowest BCUT2D eigenvalue weighted by Crippen LogP contribution is -2.34. The van der Waals surface area contributed by atoms with Crippen LogP contribution in [0.15, 0.2) is 0 Å². The second-order valence-electron chi connectivity index (χ2n) is 5.62. The largest absolute Gasteiger partial charge is 0.349 e. The van der Waals surface area contributed by atoms with Crippen LogP contribution in [0.1, 0.15) is 33.6 Å². The molecular weight excluding hydrogens is 260 g/mol. The topological polar surface area (TPSA) is 40.6 Å². The van der Waals surface area contributed by atoms with Crippen molar-refractivity contribution < 1.29 is 9.59 Å². The molecule has 0 spiro atoms. The standard InChI is InChI=1S/C14H28N2O2S/c1-10(2)19-12(14(18)16(6)7)9-8-11(3)13(17)15(4)5/h10-12H,8-9H2,1-7H3. The van der Waals surface area contributed by atoms with Crippen LogP contribution < -0.4 is 0 Å². The Balaban J connectivity index is 4.50. The zero-order valence-corrected chi connectivity index (χ0v) is 14.1. The summed E-state index contributed by atoms with van der Waals surface area (Å²) in [5, 5.41) is 0.362. The molecule has 0 rings (SSSR count). The van der Waals surface area contributed by atoms with Gasteiger partial charge in [0.1, 0.15) is 0 Å². The number of amides is 2. The molecule has 0 saturated carbocycles. The van der Waals surface area contributed by atoms with Gasteiger partial charge in [0, 0.05) is 34.1 Å². The third-order valence-electron chi connectivity index (χ3n) is 2.88. The zero-order chi connectivity index (χ0) is 15.2. The Morgan fingerprint density at radius 3 is 1.74 bits per heavy atom. The molecule has 2 amide bonds. The third-order valence-corrected chi connectivity index (χ3v) is 4.19. The molecule has 0 aliphatic carbocycles. The SMILES string of the molecule is CC(C)SC(CCC(C)C(=O)N(C)C)C(=O)N(C)C. The molecular formula is C14H28N2O2S. The quantitative estimate of drug-likeness (QED) is 0.720. The number of carbonyl (C=O) groups is 2. The van der Waals surface area contributed by atoms with Crippen LogP contribution in [0.2, 0.25) is 0 Å². The van der Waals surface area contributed by atoms with Crippen LogP contribution in [-0.4, -0.2) is 60.3 Å². The van der Waals surface area contributed by atoms with Crippen molar-refractivity contribution in [3.05, 3.63) is 0 Å². The van der Waals surface area contributed by atoms with Gasteiger partial charge < -0.3 is 9.80 Å². The first kappa shape index (κ1) is 18.3. The molecule has 0 heterocycles. The molecule has 2 atom stereocenters. The molecule has 0 aromatic carbocycles. The maximum atomic E-state index is 12.1.